The molecular weight excluding hydrogens is 416 g/mol. The molecule has 0 aliphatic carbocycles. The summed E-state index contributed by atoms with van der Waals surface area (Å²) in [6.45, 7) is 0. The van der Waals surface area contributed by atoms with Crippen LogP contribution in [0.1, 0.15) is 12.0 Å². The molecule has 0 spiro atoms. The predicted octanol–water partition coefficient (Wildman–Crippen LogP) is 5.80. The third-order valence-electron chi connectivity index (χ3n) is 4.78. The molecule has 6 heteroatoms. The Balaban J connectivity index is 1.60. The normalized spacial score (nSPS) is 10.3. The maximum absolute atomic E-state index is 12.3. The molecule has 4 aromatic rings. The van der Waals surface area contributed by atoms with Crippen molar-refractivity contribution in [3.8, 4) is 28.5 Å². The molecule has 0 aliphatic heterocycles. The van der Waals surface area contributed by atoms with E-state index in [4.69, 9.17) is 4.98 Å². The second kappa shape index (κ2) is 10.4. The lowest BCUT2D eigenvalue weighted by Gasteiger charge is -2.12. The quantitative estimate of drug-likeness (QED) is 0.370. The molecule has 5 nitrogen and oxygen atoms in total. The van der Waals surface area contributed by atoms with Crippen molar-refractivity contribution in [1.82, 2.24) is 9.97 Å². The minimum absolute atomic E-state index is 0.0929. The number of aromatic nitrogens is 2. The summed E-state index contributed by atoms with van der Waals surface area (Å²) in [6, 6.07) is 27.5. The van der Waals surface area contributed by atoms with E-state index in [1.807, 2.05) is 66.7 Å². The van der Waals surface area contributed by atoms with Gasteiger partial charge in [0, 0.05) is 41.4 Å². The van der Waals surface area contributed by atoms with Crippen LogP contribution in [0.25, 0.3) is 22.4 Å². The van der Waals surface area contributed by atoms with Gasteiger partial charge in [0.2, 0.25) is 5.91 Å². The van der Waals surface area contributed by atoms with Crippen LogP contribution in [0.15, 0.2) is 96.3 Å². The van der Waals surface area contributed by atoms with E-state index in [9.17, 15) is 10.1 Å². The Labute approximate surface area is 191 Å². The molecule has 0 saturated heterocycles. The van der Waals surface area contributed by atoms with Crippen molar-refractivity contribution in [1.29, 1.82) is 5.26 Å². The number of amides is 1. The highest BCUT2D eigenvalue weighted by Crippen LogP contribution is 2.34. The van der Waals surface area contributed by atoms with E-state index < -0.39 is 0 Å². The van der Waals surface area contributed by atoms with Gasteiger partial charge < -0.3 is 5.32 Å². The smallest absolute Gasteiger partial charge is 0.225 e. The van der Waals surface area contributed by atoms with Gasteiger partial charge >= 0.3 is 0 Å². The largest absolute Gasteiger partial charge is 0.326 e. The van der Waals surface area contributed by atoms with Crippen molar-refractivity contribution in [3.63, 3.8) is 0 Å². The van der Waals surface area contributed by atoms with Crippen LogP contribution < -0.4 is 5.32 Å². The molecule has 0 radical (unpaired) electrons. The molecule has 0 bridgehead atoms. The SMILES string of the molecule is N#Cc1c(-c2ccccc2)cc(-c2ccccc2)nc1SCCC(=O)Nc1ccncc1. The Hall–Kier alpha value is -3.95. The first-order valence-corrected chi connectivity index (χ1v) is 11.1. The van der Waals surface area contributed by atoms with Gasteiger partial charge in [-0.05, 0) is 23.8 Å². The Morgan fingerprint density at radius 2 is 1.59 bits per heavy atom. The second-order valence-electron chi connectivity index (χ2n) is 6.96. The maximum Gasteiger partial charge on any atom is 0.225 e. The standard InChI is InChI=1S/C26H20N4OS/c27-18-23-22(19-7-3-1-4-8-19)17-24(20-9-5-2-6-10-20)30-26(23)32-16-13-25(31)29-21-11-14-28-15-12-21/h1-12,14-15,17H,13,16H2,(H,28,29,31). The highest BCUT2D eigenvalue weighted by Gasteiger charge is 2.16. The first-order valence-electron chi connectivity index (χ1n) is 10.1. The molecule has 0 fully saturated rings. The number of hydrogen-bond acceptors (Lipinski definition) is 5. The Morgan fingerprint density at radius 3 is 2.25 bits per heavy atom. The zero-order chi connectivity index (χ0) is 22.2. The summed E-state index contributed by atoms with van der Waals surface area (Å²) in [6.07, 6.45) is 3.57. The monoisotopic (exact) mass is 436 g/mol. The first-order chi connectivity index (χ1) is 15.7. The van der Waals surface area contributed by atoms with Gasteiger partial charge in [0.25, 0.3) is 0 Å². The fourth-order valence-electron chi connectivity index (χ4n) is 3.24. The summed E-state index contributed by atoms with van der Waals surface area (Å²) in [7, 11) is 0. The van der Waals surface area contributed by atoms with E-state index in [2.05, 4.69) is 16.4 Å². The molecule has 156 valence electrons. The summed E-state index contributed by atoms with van der Waals surface area (Å²) < 4.78 is 0. The van der Waals surface area contributed by atoms with Crippen LogP contribution in [0, 0.1) is 11.3 Å². The second-order valence-corrected chi connectivity index (χ2v) is 8.05. The van der Waals surface area contributed by atoms with Crippen LogP contribution in [-0.4, -0.2) is 21.6 Å². The molecule has 1 N–H and O–H groups in total. The molecule has 2 aromatic heterocycles. The molecule has 0 aliphatic rings. The van der Waals surface area contributed by atoms with Crippen molar-refractivity contribution >= 4 is 23.4 Å². The van der Waals surface area contributed by atoms with Crippen LogP contribution in [0.5, 0.6) is 0 Å². The van der Waals surface area contributed by atoms with E-state index >= 15 is 0 Å². The number of benzene rings is 2. The number of rotatable bonds is 7. The van der Waals surface area contributed by atoms with Crippen LogP contribution >= 0.6 is 11.8 Å². The van der Waals surface area contributed by atoms with Crippen molar-refractivity contribution in [3.05, 3.63) is 96.8 Å². The molecule has 4 rings (SSSR count). The number of nitriles is 1. The van der Waals surface area contributed by atoms with Gasteiger partial charge in [-0.15, -0.1) is 11.8 Å². The van der Waals surface area contributed by atoms with Gasteiger partial charge in [0.1, 0.15) is 11.1 Å². The third kappa shape index (κ3) is 5.20. The molecule has 1 amide bonds. The van der Waals surface area contributed by atoms with E-state index in [1.165, 1.54) is 11.8 Å². The topological polar surface area (TPSA) is 78.7 Å². The van der Waals surface area contributed by atoms with Crippen LogP contribution in [-0.2, 0) is 4.79 Å². The van der Waals surface area contributed by atoms with Crippen molar-refractivity contribution in [2.24, 2.45) is 0 Å². The van der Waals surface area contributed by atoms with E-state index in [1.54, 1.807) is 24.5 Å². The number of nitrogens with zero attached hydrogens (tertiary/aromatic N) is 3. The summed E-state index contributed by atoms with van der Waals surface area (Å²) in [5.41, 5.74) is 4.81. The number of carbonyl (C=O) groups excluding carboxylic acids is 1. The van der Waals surface area contributed by atoms with E-state index in [0.717, 1.165) is 22.4 Å². The number of pyridine rings is 2. The lowest BCUT2D eigenvalue weighted by molar-refractivity contribution is -0.115. The molecule has 2 heterocycles. The van der Waals surface area contributed by atoms with Crippen LogP contribution in [0.3, 0.4) is 0 Å². The van der Waals surface area contributed by atoms with Gasteiger partial charge in [-0.1, -0.05) is 60.7 Å². The Kier molecular flexibility index (Phi) is 6.91. The summed E-state index contributed by atoms with van der Waals surface area (Å²) >= 11 is 1.42. The van der Waals surface area contributed by atoms with Gasteiger partial charge in [0.15, 0.2) is 0 Å². The lowest BCUT2D eigenvalue weighted by Crippen LogP contribution is -2.12. The Morgan fingerprint density at radius 1 is 0.938 bits per heavy atom. The number of anilines is 1. The highest BCUT2D eigenvalue weighted by atomic mass is 32.2. The molecule has 2 aromatic carbocycles. The first kappa shape index (κ1) is 21.3. The molecular formula is C26H20N4OS. The molecule has 32 heavy (non-hydrogen) atoms. The van der Waals surface area contributed by atoms with E-state index in [-0.39, 0.29) is 5.91 Å². The minimum Gasteiger partial charge on any atom is -0.326 e. The Bertz CT molecular complexity index is 1240. The fraction of sp³-hybridized carbons (Fsp3) is 0.0769. The number of thioether (sulfide) groups is 1. The lowest BCUT2D eigenvalue weighted by atomic mass is 9.99. The minimum atomic E-state index is -0.0929. The molecule has 0 atom stereocenters. The van der Waals surface area contributed by atoms with Crippen LogP contribution in [0.2, 0.25) is 0 Å². The van der Waals surface area contributed by atoms with E-state index in [0.29, 0.717) is 28.5 Å². The maximum atomic E-state index is 12.3. The van der Waals surface area contributed by atoms with Gasteiger partial charge in [-0.2, -0.15) is 5.26 Å². The summed E-state index contributed by atoms with van der Waals surface area (Å²) in [5, 5.41) is 13.4. The number of hydrogen-bond donors (Lipinski definition) is 1. The number of nitrogens with one attached hydrogen (secondary N) is 1. The van der Waals surface area contributed by atoms with Crippen molar-refractivity contribution < 1.29 is 4.79 Å². The van der Waals surface area contributed by atoms with Crippen molar-refractivity contribution in [2.75, 3.05) is 11.1 Å². The molecule has 0 unspecified atom stereocenters. The third-order valence-corrected chi connectivity index (χ3v) is 5.76. The van der Waals surface area contributed by atoms with Gasteiger partial charge in [0.05, 0.1) is 11.3 Å². The van der Waals surface area contributed by atoms with Crippen molar-refractivity contribution in [2.45, 2.75) is 11.4 Å². The average molecular weight is 437 g/mol. The zero-order valence-electron chi connectivity index (χ0n) is 17.2. The van der Waals surface area contributed by atoms with Gasteiger partial charge in [-0.3, -0.25) is 9.78 Å². The number of carbonyl (C=O) groups is 1. The predicted molar refractivity (Wildman–Crippen MR) is 128 cm³/mol. The molecule has 0 saturated carbocycles. The highest BCUT2D eigenvalue weighted by molar-refractivity contribution is 7.99. The summed E-state index contributed by atoms with van der Waals surface area (Å²) in [4.78, 5) is 21.0. The van der Waals surface area contributed by atoms with Gasteiger partial charge in [-0.25, -0.2) is 4.98 Å². The summed E-state index contributed by atoms with van der Waals surface area (Å²) in [5.74, 6) is 0.412. The van der Waals surface area contributed by atoms with Crippen LogP contribution in [0.4, 0.5) is 5.69 Å². The fourth-order valence-corrected chi connectivity index (χ4v) is 4.18. The zero-order valence-corrected chi connectivity index (χ0v) is 18.0. The average Bonchev–Trinajstić information content (AvgIpc) is 2.85.